The number of hydrogen-bond donors (Lipinski definition) is 4. The summed E-state index contributed by atoms with van der Waals surface area (Å²) in [5.41, 5.74) is -2.06. The normalized spacial score (nSPS) is 57.6. The molecule has 4 saturated carbocycles. The fraction of sp³-hybridized carbons (Fsp3) is 0.950. The Kier molecular flexibility index (Phi) is 3.69. The van der Waals surface area contributed by atoms with Crippen molar-refractivity contribution in [2.24, 2.45) is 34.0 Å². The number of carbonyl (C=O) groups is 1. The third-order valence-electron chi connectivity index (χ3n) is 9.00. The van der Waals surface area contributed by atoms with Crippen molar-refractivity contribution in [2.75, 3.05) is 6.61 Å². The van der Waals surface area contributed by atoms with Gasteiger partial charge in [-0.15, -0.1) is 0 Å². The van der Waals surface area contributed by atoms with Crippen molar-refractivity contribution in [3.63, 3.8) is 0 Å². The SMILES string of the molecule is C[C@@]12CC(O)C[C@@](C)(C(=O)O)[C@H]1CC[C@@]13C[C@@H](CC[C@H]12)[C@@](O)(CO)C3. The molecule has 1 unspecified atom stereocenters. The number of aliphatic hydroxyl groups is 3. The number of carboxylic acid groups (broad SMARTS) is 1. The van der Waals surface area contributed by atoms with Gasteiger partial charge in [0.2, 0.25) is 0 Å². The molecule has 0 amide bonds. The van der Waals surface area contributed by atoms with Gasteiger partial charge >= 0.3 is 5.97 Å². The van der Waals surface area contributed by atoms with Crippen molar-refractivity contribution in [3.05, 3.63) is 0 Å². The summed E-state index contributed by atoms with van der Waals surface area (Å²) in [5.74, 6) is -0.237. The van der Waals surface area contributed by atoms with Crippen LogP contribution in [0.1, 0.15) is 65.2 Å². The van der Waals surface area contributed by atoms with Gasteiger partial charge in [0.25, 0.3) is 0 Å². The summed E-state index contributed by atoms with van der Waals surface area (Å²) in [6.45, 7) is 3.84. The van der Waals surface area contributed by atoms with Gasteiger partial charge in [-0.2, -0.15) is 0 Å². The summed E-state index contributed by atoms with van der Waals surface area (Å²) in [6, 6.07) is 0. The Morgan fingerprint density at radius 2 is 1.80 bits per heavy atom. The largest absolute Gasteiger partial charge is 0.481 e. The second kappa shape index (κ2) is 5.20. The first-order valence-corrected chi connectivity index (χ1v) is 9.84. The van der Waals surface area contributed by atoms with Gasteiger partial charge in [0, 0.05) is 0 Å². The van der Waals surface area contributed by atoms with Crippen LogP contribution in [0.15, 0.2) is 0 Å². The smallest absolute Gasteiger partial charge is 0.309 e. The van der Waals surface area contributed by atoms with E-state index in [1.807, 2.05) is 6.92 Å². The minimum Gasteiger partial charge on any atom is -0.481 e. The summed E-state index contributed by atoms with van der Waals surface area (Å²) >= 11 is 0. The van der Waals surface area contributed by atoms with E-state index in [0.717, 1.165) is 32.1 Å². The highest BCUT2D eigenvalue weighted by Crippen LogP contribution is 2.72. The van der Waals surface area contributed by atoms with Gasteiger partial charge in [0.05, 0.1) is 23.7 Å². The topological polar surface area (TPSA) is 98.0 Å². The average Bonchev–Trinajstić information content (AvgIpc) is 2.73. The Bertz CT molecular complexity index is 593. The van der Waals surface area contributed by atoms with Crippen LogP contribution in [0.25, 0.3) is 0 Å². The highest BCUT2D eigenvalue weighted by molar-refractivity contribution is 5.75. The van der Waals surface area contributed by atoms with Crippen LogP contribution >= 0.6 is 0 Å². The maximum atomic E-state index is 12.1. The molecule has 5 heteroatoms. The van der Waals surface area contributed by atoms with Crippen LogP contribution in [0.2, 0.25) is 0 Å². The van der Waals surface area contributed by atoms with Gasteiger partial charge in [-0.25, -0.2) is 0 Å². The lowest BCUT2D eigenvalue weighted by molar-refractivity contribution is -0.195. The van der Waals surface area contributed by atoms with Crippen LogP contribution in [0.3, 0.4) is 0 Å². The van der Waals surface area contributed by atoms with E-state index in [-0.39, 0.29) is 29.3 Å². The third kappa shape index (κ3) is 2.15. The Hall–Kier alpha value is -0.650. The van der Waals surface area contributed by atoms with Crippen molar-refractivity contribution in [1.29, 1.82) is 0 Å². The van der Waals surface area contributed by atoms with Crippen LogP contribution < -0.4 is 0 Å². The van der Waals surface area contributed by atoms with E-state index in [9.17, 15) is 25.2 Å². The zero-order valence-electron chi connectivity index (χ0n) is 15.4. The molecule has 4 N–H and O–H groups in total. The first-order chi connectivity index (χ1) is 11.6. The molecule has 25 heavy (non-hydrogen) atoms. The van der Waals surface area contributed by atoms with E-state index in [2.05, 4.69) is 6.92 Å². The number of fused-ring (bicyclic) bond motifs is 3. The van der Waals surface area contributed by atoms with Crippen molar-refractivity contribution < 1.29 is 25.2 Å². The van der Waals surface area contributed by atoms with Gasteiger partial charge < -0.3 is 20.4 Å². The fourth-order valence-corrected chi connectivity index (χ4v) is 8.18. The third-order valence-corrected chi connectivity index (χ3v) is 9.00. The summed E-state index contributed by atoms with van der Waals surface area (Å²) < 4.78 is 0. The number of rotatable bonds is 2. The molecule has 0 aliphatic heterocycles. The summed E-state index contributed by atoms with van der Waals surface area (Å²) in [7, 11) is 0. The molecule has 1 spiro atoms. The maximum absolute atomic E-state index is 12.1. The molecule has 0 aromatic heterocycles. The summed E-state index contributed by atoms with van der Waals surface area (Å²) in [4.78, 5) is 12.1. The van der Waals surface area contributed by atoms with Gasteiger partial charge in [0.15, 0.2) is 0 Å². The molecular formula is C20H32O5. The Morgan fingerprint density at radius 3 is 2.44 bits per heavy atom. The Morgan fingerprint density at radius 1 is 1.08 bits per heavy atom. The van der Waals surface area contributed by atoms with E-state index >= 15 is 0 Å². The summed E-state index contributed by atoms with van der Waals surface area (Å²) in [6.07, 6.45) is 5.65. The highest BCUT2D eigenvalue weighted by atomic mass is 16.4. The zero-order chi connectivity index (χ0) is 18.3. The van der Waals surface area contributed by atoms with Gasteiger partial charge in [0.1, 0.15) is 0 Å². The molecule has 4 aliphatic rings. The van der Waals surface area contributed by atoms with Crippen LogP contribution in [0.4, 0.5) is 0 Å². The van der Waals surface area contributed by atoms with Crippen molar-refractivity contribution >= 4 is 5.97 Å². The molecule has 4 aliphatic carbocycles. The molecule has 4 rings (SSSR count). The van der Waals surface area contributed by atoms with E-state index in [1.54, 1.807) is 0 Å². The molecule has 8 atom stereocenters. The lowest BCUT2D eigenvalue weighted by Crippen LogP contribution is -2.60. The molecule has 4 fully saturated rings. The molecule has 0 radical (unpaired) electrons. The maximum Gasteiger partial charge on any atom is 0.309 e. The quantitative estimate of drug-likeness (QED) is 0.611. The van der Waals surface area contributed by atoms with Gasteiger partial charge in [-0.1, -0.05) is 6.92 Å². The standard InChI is InChI=1S/C20H32O5/c1-17-8-13(22)9-18(2,16(23)24)14(17)5-6-19-7-12(3-4-15(17)19)20(25,10-19)11-21/h12-15,21-22,25H,3-11H2,1-2H3,(H,23,24)/t12-,13?,14+,15+,17-,18-,19+,20+/m1/s1. The number of carboxylic acids is 1. The van der Waals surface area contributed by atoms with Crippen LogP contribution in [0, 0.1) is 34.0 Å². The molecule has 142 valence electrons. The number of aliphatic carboxylic acids is 1. The van der Waals surface area contributed by atoms with Crippen LogP contribution in [0.5, 0.6) is 0 Å². The second-order valence-electron chi connectivity index (χ2n) is 10.2. The van der Waals surface area contributed by atoms with E-state index in [0.29, 0.717) is 25.2 Å². The molecular weight excluding hydrogens is 320 g/mol. The van der Waals surface area contributed by atoms with Crippen molar-refractivity contribution in [1.82, 2.24) is 0 Å². The van der Waals surface area contributed by atoms with Gasteiger partial charge in [-0.3, -0.25) is 4.79 Å². The lowest BCUT2D eigenvalue weighted by atomic mass is 9.40. The monoisotopic (exact) mass is 352 g/mol. The van der Waals surface area contributed by atoms with Crippen molar-refractivity contribution in [3.8, 4) is 0 Å². The highest BCUT2D eigenvalue weighted by Gasteiger charge is 2.69. The zero-order valence-corrected chi connectivity index (χ0v) is 15.4. The number of aliphatic hydroxyl groups excluding tert-OH is 2. The first kappa shape index (κ1) is 17.7. The van der Waals surface area contributed by atoms with E-state index < -0.39 is 23.1 Å². The molecule has 0 saturated heterocycles. The Labute approximate surface area is 149 Å². The predicted molar refractivity (Wildman–Crippen MR) is 91.7 cm³/mol. The molecule has 0 heterocycles. The second-order valence-corrected chi connectivity index (χ2v) is 10.2. The van der Waals surface area contributed by atoms with Crippen LogP contribution in [-0.2, 0) is 4.79 Å². The average molecular weight is 352 g/mol. The van der Waals surface area contributed by atoms with E-state index in [1.165, 1.54) is 0 Å². The molecule has 5 nitrogen and oxygen atoms in total. The molecule has 0 aromatic carbocycles. The molecule has 2 bridgehead atoms. The minimum absolute atomic E-state index is 0.00210. The van der Waals surface area contributed by atoms with Crippen molar-refractivity contribution in [2.45, 2.75) is 76.9 Å². The first-order valence-electron chi connectivity index (χ1n) is 9.84. The number of hydrogen-bond acceptors (Lipinski definition) is 4. The predicted octanol–water partition coefficient (Wildman–Crippen LogP) is 2.18. The fourth-order valence-electron chi connectivity index (χ4n) is 8.18. The van der Waals surface area contributed by atoms with E-state index in [4.69, 9.17) is 0 Å². The minimum atomic E-state index is -0.971. The molecule has 0 aromatic rings. The lowest BCUT2D eigenvalue weighted by Gasteiger charge is -2.64. The van der Waals surface area contributed by atoms with Crippen LogP contribution in [-0.4, -0.2) is 44.7 Å². The Balaban J connectivity index is 1.75. The summed E-state index contributed by atoms with van der Waals surface area (Å²) in [5, 5.41) is 41.2. The van der Waals surface area contributed by atoms with Gasteiger partial charge in [-0.05, 0) is 86.9 Å².